The topological polar surface area (TPSA) is 52.6 Å². The van der Waals surface area contributed by atoms with Gasteiger partial charge < -0.3 is 9.47 Å². The maximum absolute atomic E-state index is 11.2. The number of hydrogen-bond donors (Lipinski definition) is 0. The zero-order valence-electron chi connectivity index (χ0n) is 17.3. The fourth-order valence-corrected chi connectivity index (χ4v) is 2.92. The molecule has 0 rings (SSSR count). The van der Waals surface area contributed by atoms with Crippen LogP contribution >= 0.6 is 0 Å². The summed E-state index contributed by atoms with van der Waals surface area (Å²) in [5.41, 5.74) is 0. The van der Waals surface area contributed by atoms with Crippen molar-refractivity contribution in [2.45, 2.75) is 110 Å². The van der Waals surface area contributed by atoms with Crippen LogP contribution in [0.2, 0.25) is 0 Å². The number of ether oxygens (including phenoxy) is 2. The lowest BCUT2D eigenvalue weighted by atomic mass is 10.1. The molecule has 0 heterocycles. The Balaban J connectivity index is 3.67. The van der Waals surface area contributed by atoms with Gasteiger partial charge in [0.2, 0.25) is 0 Å². The van der Waals surface area contributed by atoms with Gasteiger partial charge in [0.15, 0.2) is 0 Å². The molecule has 0 amide bonds. The van der Waals surface area contributed by atoms with Crippen LogP contribution in [0.4, 0.5) is 0 Å². The van der Waals surface area contributed by atoms with Crippen molar-refractivity contribution < 1.29 is 19.1 Å². The Bertz CT molecular complexity index is 376. The van der Waals surface area contributed by atoms with Crippen molar-refractivity contribution >= 4 is 11.9 Å². The standard InChI is InChI=1S/C22H40O4/c1-4-6-7-14-17-21(26-20(3)23)18-15-12-10-8-9-11-13-16-19-22(24)25-5-2/h12,15,21H,4-11,13-14,16-19H2,1-3H3/b15-12-. The van der Waals surface area contributed by atoms with E-state index in [2.05, 4.69) is 19.1 Å². The first-order valence-electron chi connectivity index (χ1n) is 10.6. The number of esters is 2. The molecular formula is C22H40O4. The molecule has 0 radical (unpaired) electrons. The summed E-state index contributed by atoms with van der Waals surface area (Å²) >= 11 is 0. The third-order valence-corrected chi connectivity index (χ3v) is 4.33. The summed E-state index contributed by atoms with van der Waals surface area (Å²) in [6, 6.07) is 0. The van der Waals surface area contributed by atoms with Crippen molar-refractivity contribution in [1.29, 1.82) is 0 Å². The second-order valence-corrected chi connectivity index (χ2v) is 6.90. The van der Waals surface area contributed by atoms with Crippen molar-refractivity contribution in [2.75, 3.05) is 6.61 Å². The first kappa shape index (κ1) is 24.7. The molecule has 0 bridgehead atoms. The minimum Gasteiger partial charge on any atom is -0.466 e. The van der Waals surface area contributed by atoms with Gasteiger partial charge in [0.05, 0.1) is 6.61 Å². The zero-order chi connectivity index (χ0) is 19.5. The van der Waals surface area contributed by atoms with Crippen molar-refractivity contribution in [2.24, 2.45) is 0 Å². The van der Waals surface area contributed by atoms with Crippen molar-refractivity contribution in [3.63, 3.8) is 0 Å². The Morgan fingerprint density at radius 2 is 1.58 bits per heavy atom. The normalized spacial score (nSPS) is 12.3. The Hall–Kier alpha value is -1.32. The number of carbonyl (C=O) groups excluding carboxylic acids is 2. The molecule has 0 aromatic carbocycles. The molecule has 0 aromatic heterocycles. The van der Waals surface area contributed by atoms with Gasteiger partial charge in [0.1, 0.15) is 6.10 Å². The lowest BCUT2D eigenvalue weighted by Crippen LogP contribution is -2.15. The predicted molar refractivity (Wildman–Crippen MR) is 107 cm³/mol. The molecule has 4 nitrogen and oxygen atoms in total. The van der Waals surface area contributed by atoms with E-state index in [0.717, 1.165) is 38.5 Å². The van der Waals surface area contributed by atoms with Crippen LogP contribution in [0.15, 0.2) is 12.2 Å². The van der Waals surface area contributed by atoms with Crippen LogP contribution in [0, 0.1) is 0 Å². The third kappa shape index (κ3) is 17.5. The number of rotatable bonds is 17. The molecule has 0 aliphatic carbocycles. The number of hydrogen-bond acceptors (Lipinski definition) is 4. The van der Waals surface area contributed by atoms with Crippen LogP contribution in [0.1, 0.15) is 104 Å². The molecule has 152 valence electrons. The van der Waals surface area contributed by atoms with Crippen LogP contribution < -0.4 is 0 Å². The molecule has 0 aliphatic rings. The predicted octanol–water partition coefficient (Wildman–Crippen LogP) is 6.13. The summed E-state index contributed by atoms with van der Waals surface area (Å²) < 4.78 is 10.3. The smallest absolute Gasteiger partial charge is 0.305 e. The molecule has 0 spiro atoms. The number of unbranched alkanes of at least 4 members (excludes halogenated alkanes) is 8. The average molecular weight is 369 g/mol. The summed E-state index contributed by atoms with van der Waals surface area (Å²) in [5.74, 6) is -0.255. The molecule has 0 fully saturated rings. The molecular weight excluding hydrogens is 328 g/mol. The molecule has 0 N–H and O–H groups in total. The third-order valence-electron chi connectivity index (χ3n) is 4.33. The molecule has 26 heavy (non-hydrogen) atoms. The quantitative estimate of drug-likeness (QED) is 0.176. The molecule has 1 unspecified atom stereocenters. The first-order valence-corrected chi connectivity index (χ1v) is 10.6. The molecule has 0 saturated carbocycles. The maximum atomic E-state index is 11.2. The van der Waals surface area contributed by atoms with E-state index in [0.29, 0.717) is 13.0 Å². The second kappa shape index (κ2) is 18.5. The highest BCUT2D eigenvalue weighted by molar-refractivity contribution is 5.69. The second-order valence-electron chi connectivity index (χ2n) is 6.90. The van der Waals surface area contributed by atoms with E-state index in [4.69, 9.17) is 9.47 Å². The van der Waals surface area contributed by atoms with Gasteiger partial charge in [-0.1, -0.05) is 57.6 Å². The van der Waals surface area contributed by atoms with Crippen LogP contribution in [0.3, 0.4) is 0 Å². The van der Waals surface area contributed by atoms with E-state index in [-0.39, 0.29) is 18.0 Å². The zero-order valence-corrected chi connectivity index (χ0v) is 17.3. The van der Waals surface area contributed by atoms with Gasteiger partial charge in [-0.15, -0.1) is 0 Å². The molecule has 0 saturated heterocycles. The van der Waals surface area contributed by atoms with Crippen LogP contribution in [0.5, 0.6) is 0 Å². The largest absolute Gasteiger partial charge is 0.466 e. The number of allylic oxidation sites excluding steroid dienone is 1. The Morgan fingerprint density at radius 3 is 2.27 bits per heavy atom. The van der Waals surface area contributed by atoms with E-state index in [1.807, 2.05) is 6.92 Å². The highest BCUT2D eigenvalue weighted by atomic mass is 16.5. The fourth-order valence-electron chi connectivity index (χ4n) is 2.92. The molecule has 0 aliphatic heterocycles. The minimum atomic E-state index is -0.179. The average Bonchev–Trinajstić information content (AvgIpc) is 2.59. The van der Waals surface area contributed by atoms with Gasteiger partial charge in [-0.3, -0.25) is 9.59 Å². The molecule has 1 atom stereocenters. The van der Waals surface area contributed by atoms with Gasteiger partial charge in [-0.2, -0.15) is 0 Å². The Kier molecular flexibility index (Phi) is 17.5. The minimum absolute atomic E-state index is 0.0310. The van der Waals surface area contributed by atoms with E-state index < -0.39 is 0 Å². The van der Waals surface area contributed by atoms with Crippen molar-refractivity contribution in [3.05, 3.63) is 12.2 Å². The first-order chi connectivity index (χ1) is 12.6. The molecule has 4 heteroatoms. The van der Waals surface area contributed by atoms with Crippen molar-refractivity contribution in [1.82, 2.24) is 0 Å². The highest BCUT2D eigenvalue weighted by Gasteiger charge is 2.09. The van der Waals surface area contributed by atoms with E-state index in [1.54, 1.807) is 0 Å². The summed E-state index contributed by atoms with van der Waals surface area (Å²) in [5, 5.41) is 0. The van der Waals surface area contributed by atoms with Gasteiger partial charge >= 0.3 is 11.9 Å². The fraction of sp³-hybridized carbons (Fsp3) is 0.818. The summed E-state index contributed by atoms with van der Waals surface area (Å²) in [4.78, 5) is 22.4. The highest BCUT2D eigenvalue weighted by Crippen LogP contribution is 2.13. The van der Waals surface area contributed by atoms with Crippen LogP contribution in [-0.2, 0) is 19.1 Å². The van der Waals surface area contributed by atoms with Gasteiger partial charge in [0.25, 0.3) is 0 Å². The van der Waals surface area contributed by atoms with Crippen molar-refractivity contribution in [3.8, 4) is 0 Å². The lowest BCUT2D eigenvalue weighted by molar-refractivity contribution is -0.146. The van der Waals surface area contributed by atoms with E-state index >= 15 is 0 Å². The van der Waals surface area contributed by atoms with E-state index in [1.165, 1.54) is 45.4 Å². The van der Waals surface area contributed by atoms with Crippen LogP contribution in [0.25, 0.3) is 0 Å². The Morgan fingerprint density at radius 1 is 0.885 bits per heavy atom. The summed E-state index contributed by atoms with van der Waals surface area (Å²) in [7, 11) is 0. The Labute approximate surface area is 160 Å². The molecule has 0 aromatic rings. The monoisotopic (exact) mass is 368 g/mol. The van der Waals surface area contributed by atoms with Gasteiger partial charge in [-0.05, 0) is 39.0 Å². The summed E-state index contributed by atoms with van der Waals surface area (Å²) in [6.45, 7) is 6.01. The van der Waals surface area contributed by atoms with Crippen LogP contribution in [-0.4, -0.2) is 24.6 Å². The summed E-state index contributed by atoms with van der Waals surface area (Å²) in [6.07, 6.45) is 18.2. The van der Waals surface area contributed by atoms with E-state index in [9.17, 15) is 9.59 Å². The SMILES string of the molecule is CCCCCCC(C/C=C\CCCCCCCC(=O)OCC)OC(C)=O. The lowest BCUT2D eigenvalue weighted by Gasteiger charge is -2.15. The maximum Gasteiger partial charge on any atom is 0.305 e. The number of carbonyl (C=O) groups is 2. The van der Waals surface area contributed by atoms with Gasteiger partial charge in [0, 0.05) is 19.8 Å². The van der Waals surface area contributed by atoms with Gasteiger partial charge in [-0.25, -0.2) is 0 Å².